The molecule has 1 aliphatic rings. The number of para-hydroxylation sites is 1. The Labute approximate surface area is 188 Å². The van der Waals surface area contributed by atoms with Crippen LogP contribution in [0.5, 0.6) is 5.75 Å². The molecule has 2 aromatic carbocycles. The molecule has 2 unspecified atom stereocenters. The molecule has 0 amide bonds. The lowest BCUT2D eigenvalue weighted by atomic mass is 9.99. The zero-order chi connectivity index (χ0) is 22.1. The van der Waals surface area contributed by atoms with Crippen LogP contribution in [0.1, 0.15) is 13.8 Å². The molecule has 5 nitrogen and oxygen atoms in total. The van der Waals surface area contributed by atoms with E-state index >= 15 is 0 Å². The maximum Gasteiger partial charge on any atom is 0.137 e. The van der Waals surface area contributed by atoms with Crippen LogP contribution in [-0.4, -0.2) is 42.4 Å². The quantitative estimate of drug-likeness (QED) is 0.427. The van der Waals surface area contributed by atoms with Gasteiger partial charge >= 0.3 is 0 Å². The van der Waals surface area contributed by atoms with Gasteiger partial charge in [0.05, 0.1) is 24.8 Å². The summed E-state index contributed by atoms with van der Waals surface area (Å²) in [6, 6.07) is 18.9. The molecule has 1 fully saturated rings. The van der Waals surface area contributed by atoms with E-state index in [0.29, 0.717) is 0 Å². The first-order valence-corrected chi connectivity index (χ1v) is 11.0. The number of morpholine rings is 1. The molecular formula is C27H27N3O2. The molecule has 0 N–H and O–H groups in total. The van der Waals surface area contributed by atoms with Crippen molar-refractivity contribution in [1.29, 1.82) is 0 Å². The van der Waals surface area contributed by atoms with Gasteiger partial charge in [-0.3, -0.25) is 9.97 Å². The number of aromatic nitrogens is 2. The lowest BCUT2D eigenvalue weighted by molar-refractivity contribution is -0.00521. The first kappa shape index (κ1) is 20.5. The second kappa shape index (κ2) is 8.60. The van der Waals surface area contributed by atoms with Crippen molar-refractivity contribution in [3.63, 3.8) is 0 Å². The lowest BCUT2D eigenvalue weighted by Gasteiger charge is -2.36. The van der Waals surface area contributed by atoms with E-state index in [1.807, 2.05) is 18.3 Å². The summed E-state index contributed by atoms with van der Waals surface area (Å²) in [4.78, 5) is 11.4. The van der Waals surface area contributed by atoms with Crippen molar-refractivity contribution >= 4 is 16.6 Å². The van der Waals surface area contributed by atoms with Gasteiger partial charge in [-0.25, -0.2) is 0 Å². The Morgan fingerprint density at radius 3 is 2.25 bits per heavy atom. The number of fused-ring (bicyclic) bond motifs is 1. The van der Waals surface area contributed by atoms with Gasteiger partial charge in [0.25, 0.3) is 0 Å². The molecule has 4 aromatic rings. The number of hydrogen-bond acceptors (Lipinski definition) is 5. The van der Waals surface area contributed by atoms with Gasteiger partial charge in [0.15, 0.2) is 0 Å². The highest BCUT2D eigenvalue weighted by Gasteiger charge is 2.22. The first-order valence-electron chi connectivity index (χ1n) is 11.0. The van der Waals surface area contributed by atoms with Crippen LogP contribution in [0.15, 0.2) is 73.2 Å². The van der Waals surface area contributed by atoms with E-state index in [9.17, 15) is 0 Å². The van der Waals surface area contributed by atoms with E-state index in [1.54, 1.807) is 19.5 Å². The van der Waals surface area contributed by atoms with Crippen LogP contribution < -0.4 is 9.64 Å². The number of anilines is 1. The Balaban J connectivity index is 1.53. The second-order valence-electron chi connectivity index (χ2n) is 8.35. The molecule has 0 aliphatic carbocycles. The third-order valence-corrected chi connectivity index (χ3v) is 6.01. The molecule has 5 rings (SSSR count). The van der Waals surface area contributed by atoms with Crippen LogP contribution in [0, 0.1) is 0 Å². The van der Waals surface area contributed by atoms with Crippen LogP contribution >= 0.6 is 0 Å². The SMILES string of the molecule is COc1c(-c2ccc(N3CC(C)OC(C)C3)cc2)cnc2c(-c3ccncc3)cccc12. The molecule has 5 heteroatoms. The molecule has 1 saturated heterocycles. The molecule has 0 bridgehead atoms. The van der Waals surface area contributed by atoms with Crippen molar-refractivity contribution in [2.75, 3.05) is 25.1 Å². The lowest BCUT2D eigenvalue weighted by Crippen LogP contribution is -2.45. The number of benzene rings is 2. The van der Waals surface area contributed by atoms with Gasteiger partial charge < -0.3 is 14.4 Å². The van der Waals surface area contributed by atoms with Gasteiger partial charge in [0, 0.05) is 53.9 Å². The molecule has 1 aliphatic heterocycles. The van der Waals surface area contributed by atoms with Crippen LogP contribution in [-0.2, 0) is 4.74 Å². The number of methoxy groups -OCH3 is 1. The number of ether oxygens (including phenoxy) is 2. The molecular weight excluding hydrogens is 398 g/mol. The summed E-state index contributed by atoms with van der Waals surface area (Å²) in [6.45, 7) is 6.07. The van der Waals surface area contributed by atoms with E-state index in [0.717, 1.165) is 52.0 Å². The zero-order valence-corrected chi connectivity index (χ0v) is 18.7. The number of pyridine rings is 2. The van der Waals surface area contributed by atoms with E-state index in [2.05, 4.69) is 66.2 Å². The van der Waals surface area contributed by atoms with Crippen molar-refractivity contribution in [3.05, 3.63) is 73.2 Å². The van der Waals surface area contributed by atoms with Crippen molar-refractivity contribution in [2.24, 2.45) is 0 Å². The van der Waals surface area contributed by atoms with Gasteiger partial charge in [-0.1, -0.05) is 24.3 Å². The van der Waals surface area contributed by atoms with Gasteiger partial charge in [-0.05, 0) is 55.3 Å². The third kappa shape index (κ3) is 3.80. The molecule has 0 radical (unpaired) electrons. The summed E-state index contributed by atoms with van der Waals surface area (Å²) in [5, 5.41) is 0.999. The summed E-state index contributed by atoms with van der Waals surface area (Å²) in [5.41, 5.74) is 6.37. The van der Waals surface area contributed by atoms with E-state index < -0.39 is 0 Å². The minimum atomic E-state index is 0.234. The minimum Gasteiger partial charge on any atom is -0.495 e. The molecule has 32 heavy (non-hydrogen) atoms. The van der Waals surface area contributed by atoms with Crippen LogP contribution in [0.4, 0.5) is 5.69 Å². The maximum atomic E-state index is 5.90. The van der Waals surface area contributed by atoms with Gasteiger partial charge in [-0.15, -0.1) is 0 Å². The highest BCUT2D eigenvalue weighted by molar-refractivity contribution is 6.00. The van der Waals surface area contributed by atoms with Crippen LogP contribution in [0.25, 0.3) is 33.2 Å². The molecule has 0 spiro atoms. The highest BCUT2D eigenvalue weighted by Crippen LogP contribution is 2.39. The monoisotopic (exact) mass is 425 g/mol. The fraction of sp³-hybridized carbons (Fsp3) is 0.259. The van der Waals surface area contributed by atoms with E-state index in [1.165, 1.54) is 5.69 Å². The van der Waals surface area contributed by atoms with Crippen molar-refractivity contribution in [2.45, 2.75) is 26.1 Å². The number of nitrogens with zero attached hydrogens (tertiary/aromatic N) is 3. The Hall–Kier alpha value is -3.44. The van der Waals surface area contributed by atoms with Crippen LogP contribution in [0.3, 0.4) is 0 Å². The largest absolute Gasteiger partial charge is 0.495 e. The Bertz CT molecular complexity index is 1220. The summed E-state index contributed by atoms with van der Waals surface area (Å²) in [6.07, 6.45) is 5.99. The predicted octanol–water partition coefficient (Wildman–Crippen LogP) is 5.59. The Morgan fingerprint density at radius 2 is 1.56 bits per heavy atom. The van der Waals surface area contributed by atoms with Gasteiger partial charge in [-0.2, -0.15) is 0 Å². The average Bonchev–Trinajstić information content (AvgIpc) is 2.83. The molecule has 0 saturated carbocycles. The predicted molar refractivity (Wildman–Crippen MR) is 129 cm³/mol. The second-order valence-corrected chi connectivity index (χ2v) is 8.35. The van der Waals surface area contributed by atoms with Crippen molar-refractivity contribution in [1.82, 2.24) is 9.97 Å². The van der Waals surface area contributed by atoms with Crippen LogP contribution in [0.2, 0.25) is 0 Å². The van der Waals surface area contributed by atoms with Gasteiger partial charge in [0.1, 0.15) is 5.75 Å². The van der Waals surface area contributed by atoms with Gasteiger partial charge in [0.2, 0.25) is 0 Å². The molecule has 2 aromatic heterocycles. The summed E-state index contributed by atoms with van der Waals surface area (Å²) in [5.74, 6) is 0.840. The highest BCUT2D eigenvalue weighted by atomic mass is 16.5. The number of rotatable bonds is 4. The average molecular weight is 426 g/mol. The Kier molecular flexibility index (Phi) is 5.50. The van der Waals surface area contributed by atoms with E-state index in [4.69, 9.17) is 14.5 Å². The minimum absolute atomic E-state index is 0.234. The summed E-state index contributed by atoms with van der Waals surface area (Å²) >= 11 is 0. The zero-order valence-electron chi connectivity index (χ0n) is 18.7. The molecule has 162 valence electrons. The topological polar surface area (TPSA) is 47.5 Å². The number of hydrogen-bond donors (Lipinski definition) is 0. The summed E-state index contributed by atoms with van der Waals surface area (Å²) in [7, 11) is 1.72. The standard InChI is InChI=1S/C27H27N3O2/c1-18-16-30(17-19(2)32-18)22-9-7-20(8-10-22)25-15-29-26-23(21-11-13-28-14-12-21)5-4-6-24(26)27(25)31-3/h4-15,18-19H,16-17H2,1-3H3. The maximum absolute atomic E-state index is 5.90. The van der Waals surface area contributed by atoms with Crippen molar-refractivity contribution < 1.29 is 9.47 Å². The molecule has 3 heterocycles. The molecule has 2 atom stereocenters. The normalized spacial score (nSPS) is 18.7. The fourth-order valence-electron chi connectivity index (χ4n) is 4.63. The first-order chi connectivity index (χ1) is 15.6. The smallest absolute Gasteiger partial charge is 0.137 e. The van der Waals surface area contributed by atoms with Crippen molar-refractivity contribution in [3.8, 4) is 28.0 Å². The fourth-order valence-corrected chi connectivity index (χ4v) is 4.63. The Morgan fingerprint density at radius 1 is 0.875 bits per heavy atom. The van der Waals surface area contributed by atoms with E-state index in [-0.39, 0.29) is 12.2 Å². The third-order valence-electron chi connectivity index (χ3n) is 6.01. The summed E-state index contributed by atoms with van der Waals surface area (Å²) < 4.78 is 11.8.